The number of rotatable bonds is 5. The SMILES string of the molecule is O=C(CCOc1ccccc1Cl)Nc1ccc(F)c(F)c1F. The van der Waals surface area contributed by atoms with E-state index < -0.39 is 29.0 Å². The van der Waals surface area contributed by atoms with E-state index in [9.17, 15) is 18.0 Å². The fourth-order valence-electron chi connectivity index (χ4n) is 1.65. The van der Waals surface area contributed by atoms with E-state index in [0.29, 0.717) is 10.8 Å². The van der Waals surface area contributed by atoms with Gasteiger partial charge in [-0.3, -0.25) is 4.79 Å². The number of anilines is 1. The molecule has 3 nitrogen and oxygen atoms in total. The molecule has 0 aliphatic carbocycles. The number of benzene rings is 2. The van der Waals surface area contributed by atoms with Crippen LogP contribution in [0.25, 0.3) is 0 Å². The Balaban J connectivity index is 1.89. The molecular formula is C15H11ClF3NO2. The molecule has 0 spiro atoms. The van der Waals surface area contributed by atoms with Gasteiger partial charge in [-0.05, 0) is 24.3 Å². The van der Waals surface area contributed by atoms with E-state index in [-0.39, 0.29) is 13.0 Å². The molecule has 1 amide bonds. The van der Waals surface area contributed by atoms with Crippen LogP contribution in [0.4, 0.5) is 18.9 Å². The van der Waals surface area contributed by atoms with E-state index in [1.165, 1.54) is 0 Å². The summed E-state index contributed by atoms with van der Waals surface area (Å²) in [5, 5.41) is 2.54. The van der Waals surface area contributed by atoms with Crippen molar-refractivity contribution < 1.29 is 22.7 Å². The first-order valence-corrected chi connectivity index (χ1v) is 6.67. The molecule has 1 N–H and O–H groups in total. The first kappa shape index (κ1) is 16.2. The minimum atomic E-state index is -1.63. The van der Waals surface area contributed by atoms with E-state index in [1.54, 1.807) is 24.3 Å². The van der Waals surface area contributed by atoms with Gasteiger partial charge in [-0.15, -0.1) is 0 Å². The monoisotopic (exact) mass is 329 g/mol. The lowest BCUT2D eigenvalue weighted by Crippen LogP contribution is -2.16. The molecule has 0 bridgehead atoms. The summed E-state index contributed by atoms with van der Waals surface area (Å²) in [7, 11) is 0. The highest BCUT2D eigenvalue weighted by atomic mass is 35.5. The van der Waals surface area contributed by atoms with Crippen LogP contribution in [0, 0.1) is 17.5 Å². The maximum absolute atomic E-state index is 13.4. The lowest BCUT2D eigenvalue weighted by molar-refractivity contribution is -0.116. The number of amides is 1. The lowest BCUT2D eigenvalue weighted by atomic mass is 10.2. The molecule has 116 valence electrons. The van der Waals surface area contributed by atoms with Gasteiger partial charge in [0.1, 0.15) is 5.75 Å². The Kier molecular flexibility index (Phi) is 5.27. The molecule has 0 radical (unpaired) electrons. The Morgan fingerprint density at radius 2 is 1.82 bits per heavy atom. The van der Waals surface area contributed by atoms with Crippen LogP contribution < -0.4 is 10.1 Å². The summed E-state index contributed by atoms with van der Waals surface area (Å²) in [6.07, 6.45) is -0.107. The Labute approximate surface area is 129 Å². The topological polar surface area (TPSA) is 38.3 Å². The smallest absolute Gasteiger partial charge is 0.227 e. The molecule has 0 fully saturated rings. The number of carbonyl (C=O) groups is 1. The standard InChI is InChI=1S/C15H11ClF3NO2/c16-9-3-1-2-4-12(9)22-8-7-13(21)20-11-6-5-10(17)14(18)15(11)19/h1-6H,7-8H2,(H,20,21). The van der Waals surface area contributed by atoms with Crippen LogP contribution in [-0.2, 0) is 4.79 Å². The van der Waals surface area contributed by atoms with Gasteiger partial charge in [-0.2, -0.15) is 0 Å². The second kappa shape index (κ2) is 7.17. The van der Waals surface area contributed by atoms with Gasteiger partial charge in [0.05, 0.1) is 23.7 Å². The van der Waals surface area contributed by atoms with Gasteiger partial charge in [-0.25, -0.2) is 13.2 Å². The average Bonchev–Trinajstić information content (AvgIpc) is 2.50. The Bertz CT molecular complexity index is 694. The van der Waals surface area contributed by atoms with E-state index in [4.69, 9.17) is 16.3 Å². The van der Waals surface area contributed by atoms with Gasteiger partial charge in [0.25, 0.3) is 0 Å². The lowest BCUT2D eigenvalue weighted by Gasteiger charge is -2.09. The maximum atomic E-state index is 13.4. The molecule has 0 saturated carbocycles. The normalized spacial score (nSPS) is 10.4. The second-order valence-electron chi connectivity index (χ2n) is 4.30. The molecule has 7 heteroatoms. The predicted octanol–water partition coefficient (Wildman–Crippen LogP) is 4.16. The number of ether oxygens (including phenoxy) is 1. The number of halogens is 4. The van der Waals surface area contributed by atoms with Crippen molar-refractivity contribution in [2.75, 3.05) is 11.9 Å². The highest BCUT2D eigenvalue weighted by molar-refractivity contribution is 6.32. The van der Waals surface area contributed by atoms with Crippen LogP contribution in [0.3, 0.4) is 0 Å². The molecule has 0 atom stereocenters. The van der Waals surface area contributed by atoms with Gasteiger partial charge < -0.3 is 10.1 Å². The molecule has 0 saturated heterocycles. The average molecular weight is 330 g/mol. The molecule has 2 aromatic rings. The van der Waals surface area contributed by atoms with Gasteiger partial charge in [0.15, 0.2) is 17.5 Å². The second-order valence-corrected chi connectivity index (χ2v) is 4.71. The summed E-state index contributed by atoms with van der Waals surface area (Å²) >= 11 is 5.87. The molecule has 0 unspecified atom stereocenters. The highest BCUT2D eigenvalue weighted by Gasteiger charge is 2.15. The summed E-state index contributed by atoms with van der Waals surface area (Å²) in [5.41, 5.74) is -0.429. The van der Waals surface area contributed by atoms with Crippen molar-refractivity contribution in [1.29, 1.82) is 0 Å². The zero-order valence-corrected chi connectivity index (χ0v) is 12.0. The molecule has 2 aromatic carbocycles. The van der Waals surface area contributed by atoms with Crippen LogP contribution in [0.2, 0.25) is 5.02 Å². The molecule has 22 heavy (non-hydrogen) atoms. The van der Waals surface area contributed by atoms with Crippen LogP contribution in [0.1, 0.15) is 6.42 Å². The van der Waals surface area contributed by atoms with Gasteiger partial charge in [-0.1, -0.05) is 23.7 Å². The fraction of sp³-hybridized carbons (Fsp3) is 0.133. The van der Waals surface area contributed by atoms with Crippen LogP contribution in [0.15, 0.2) is 36.4 Å². The number of nitrogens with one attached hydrogen (secondary N) is 1. The van der Waals surface area contributed by atoms with E-state index >= 15 is 0 Å². The largest absolute Gasteiger partial charge is 0.491 e. The third-order valence-corrected chi connectivity index (χ3v) is 3.04. The Hall–Kier alpha value is -2.21. The molecule has 2 rings (SSSR count). The van der Waals surface area contributed by atoms with Crippen molar-refractivity contribution in [2.24, 2.45) is 0 Å². The first-order valence-electron chi connectivity index (χ1n) is 6.29. The van der Waals surface area contributed by atoms with Crippen LogP contribution >= 0.6 is 11.6 Å². The third-order valence-electron chi connectivity index (χ3n) is 2.73. The molecule has 0 aromatic heterocycles. The minimum absolute atomic E-state index is 0.000856. The zero-order valence-electron chi connectivity index (χ0n) is 11.2. The molecule has 0 aliphatic rings. The van der Waals surface area contributed by atoms with E-state index in [1.807, 2.05) is 0 Å². The summed E-state index contributed by atoms with van der Waals surface area (Å²) < 4.78 is 44.5. The van der Waals surface area contributed by atoms with Crippen LogP contribution in [-0.4, -0.2) is 12.5 Å². The number of hydrogen-bond acceptors (Lipinski definition) is 2. The summed E-state index contributed by atoms with van der Waals surface area (Å²) in [6, 6.07) is 8.39. The highest BCUT2D eigenvalue weighted by Crippen LogP contribution is 2.23. The Morgan fingerprint density at radius 1 is 1.09 bits per heavy atom. The van der Waals surface area contributed by atoms with Gasteiger partial charge in [0.2, 0.25) is 5.91 Å². The van der Waals surface area contributed by atoms with Crippen LogP contribution in [0.5, 0.6) is 5.75 Å². The van der Waals surface area contributed by atoms with Crippen molar-refractivity contribution in [3.63, 3.8) is 0 Å². The number of para-hydroxylation sites is 1. The fourth-order valence-corrected chi connectivity index (χ4v) is 1.84. The summed E-state index contributed by atoms with van der Waals surface area (Å²) in [4.78, 5) is 11.6. The maximum Gasteiger partial charge on any atom is 0.227 e. The van der Waals surface area contributed by atoms with Crippen molar-refractivity contribution in [3.05, 3.63) is 58.9 Å². The minimum Gasteiger partial charge on any atom is -0.491 e. The number of carbonyl (C=O) groups excluding carboxylic acids is 1. The van der Waals surface area contributed by atoms with Crippen molar-refractivity contribution in [1.82, 2.24) is 0 Å². The van der Waals surface area contributed by atoms with E-state index in [0.717, 1.165) is 12.1 Å². The predicted molar refractivity (Wildman–Crippen MR) is 76.5 cm³/mol. The summed E-state index contributed by atoms with van der Waals surface area (Å²) in [6.45, 7) is 0.000856. The third kappa shape index (κ3) is 3.92. The molecular weight excluding hydrogens is 319 g/mol. The molecule has 0 heterocycles. The van der Waals surface area contributed by atoms with Crippen molar-refractivity contribution >= 4 is 23.2 Å². The van der Waals surface area contributed by atoms with Crippen molar-refractivity contribution in [2.45, 2.75) is 6.42 Å². The molecule has 0 aliphatic heterocycles. The quantitative estimate of drug-likeness (QED) is 0.836. The van der Waals surface area contributed by atoms with Gasteiger partial charge >= 0.3 is 0 Å². The Morgan fingerprint density at radius 3 is 2.55 bits per heavy atom. The number of hydrogen-bond donors (Lipinski definition) is 1. The first-order chi connectivity index (χ1) is 10.5. The van der Waals surface area contributed by atoms with Crippen molar-refractivity contribution in [3.8, 4) is 5.75 Å². The van der Waals surface area contributed by atoms with E-state index in [2.05, 4.69) is 5.32 Å². The summed E-state index contributed by atoms with van der Waals surface area (Å²) in [5.74, 6) is -4.59. The van der Waals surface area contributed by atoms with Gasteiger partial charge in [0, 0.05) is 0 Å². The zero-order chi connectivity index (χ0) is 16.1.